The number of benzene rings is 3. The van der Waals surface area contributed by atoms with Crippen molar-refractivity contribution in [3.63, 3.8) is 0 Å². The molecule has 0 spiro atoms. The van der Waals surface area contributed by atoms with E-state index < -0.39 is 0 Å². The maximum Gasteiger partial charge on any atom is 0.251 e. The van der Waals surface area contributed by atoms with Gasteiger partial charge in [0.2, 0.25) is 0 Å². The van der Waals surface area contributed by atoms with Crippen LogP contribution < -0.4 is 5.32 Å². The lowest BCUT2D eigenvalue weighted by Crippen LogP contribution is -2.26. The fourth-order valence-electron chi connectivity index (χ4n) is 3.54. The van der Waals surface area contributed by atoms with Crippen LogP contribution in [0.1, 0.15) is 20.8 Å². The number of fused-ring (bicyclic) bond motifs is 1. The van der Waals surface area contributed by atoms with Crippen molar-refractivity contribution in [3.8, 4) is 11.1 Å². The Bertz CT molecular complexity index is 1220. The number of halogens is 2. The predicted molar refractivity (Wildman–Crippen MR) is 131 cm³/mol. The molecule has 0 fully saturated rings. The van der Waals surface area contributed by atoms with Gasteiger partial charge in [-0.25, -0.2) is 0 Å². The minimum absolute atomic E-state index is 0.101. The normalized spacial score (nSPS) is 11.1. The maximum absolute atomic E-state index is 12.4. The van der Waals surface area contributed by atoms with E-state index in [1.54, 1.807) is 24.5 Å². The van der Waals surface area contributed by atoms with E-state index in [1.165, 1.54) is 15.0 Å². The van der Waals surface area contributed by atoms with Gasteiger partial charge in [0.25, 0.3) is 5.91 Å². The third-order valence-electron chi connectivity index (χ3n) is 4.92. The summed E-state index contributed by atoms with van der Waals surface area (Å²) in [5, 5.41) is 5.34. The lowest BCUT2D eigenvalue weighted by Gasteiger charge is -2.08. The second-order valence-electron chi connectivity index (χ2n) is 7.22. The number of rotatable bonds is 7. The summed E-state index contributed by atoms with van der Waals surface area (Å²) in [5.41, 5.74) is 3.85. The molecule has 3 aromatic carbocycles. The zero-order chi connectivity index (χ0) is 21.8. The van der Waals surface area contributed by atoms with Gasteiger partial charge in [0, 0.05) is 45.3 Å². The van der Waals surface area contributed by atoms with Crippen LogP contribution in [0, 0.1) is 0 Å². The van der Waals surface area contributed by atoms with Gasteiger partial charge in [0.15, 0.2) is 0 Å². The molecule has 0 saturated heterocycles. The quantitative estimate of drug-likeness (QED) is 0.300. The highest BCUT2D eigenvalue weighted by Crippen LogP contribution is 2.36. The summed E-state index contributed by atoms with van der Waals surface area (Å²) in [5.74, 6) is -0.101. The van der Waals surface area contributed by atoms with Crippen LogP contribution in [0.2, 0.25) is 10.0 Å². The average Bonchev–Trinajstić information content (AvgIpc) is 3.15. The number of hydrogen-bond acceptors (Lipinski definition) is 3. The summed E-state index contributed by atoms with van der Waals surface area (Å²) in [6.07, 6.45) is 0.765. The lowest BCUT2D eigenvalue weighted by atomic mass is 10.0. The summed E-state index contributed by atoms with van der Waals surface area (Å²) >= 11 is 14.1. The van der Waals surface area contributed by atoms with Crippen LogP contribution in [0.4, 0.5) is 0 Å². The summed E-state index contributed by atoms with van der Waals surface area (Å²) in [7, 11) is 1.61. The van der Waals surface area contributed by atoms with Crippen molar-refractivity contribution in [2.75, 3.05) is 20.3 Å². The van der Waals surface area contributed by atoms with Gasteiger partial charge in [0.05, 0.1) is 6.61 Å². The zero-order valence-corrected chi connectivity index (χ0v) is 19.3. The fraction of sp³-hybridized carbons (Fsp3) is 0.160. The number of hydrogen-bond donors (Lipinski definition) is 1. The van der Waals surface area contributed by atoms with Crippen LogP contribution >= 0.6 is 34.5 Å². The minimum atomic E-state index is -0.101. The Labute approximate surface area is 195 Å². The second-order valence-corrected chi connectivity index (χ2v) is 9.23. The van der Waals surface area contributed by atoms with Crippen LogP contribution in [0.5, 0.6) is 0 Å². The van der Waals surface area contributed by atoms with Crippen LogP contribution in [-0.4, -0.2) is 26.2 Å². The Morgan fingerprint density at radius 1 is 1.00 bits per heavy atom. The van der Waals surface area contributed by atoms with E-state index in [1.807, 2.05) is 36.4 Å². The van der Waals surface area contributed by atoms with E-state index in [-0.39, 0.29) is 5.91 Å². The van der Waals surface area contributed by atoms with Gasteiger partial charge in [-0.2, -0.15) is 0 Å². The van der Waals surface area contributed by atoms with Crippen molar-refractivity contribution in [1.29, 1.82) is 0 Å². The van der Waals surface area contributed by atoms with Crippen molar-refractivity contribution >= 4 is 50.5 Å². The second kappa shape index (κ2) is 9.84. The lowest BCUT2D eigenvalue weighted by molar-refractivity contribution is 0.0937. The highest BCUT2D eigenvalue weighted by Gasteiger charge is 2.12. The van der Waals surface area contributed by atoms with E-state index in [0.717, 1.165) is 23.1 Å². The molecule has 0 unspecified atom stereocenters. The van der Waals surface area contributed by atoms with Gasteiger partial charge < -0.3 is 10.1 Å². The van der Waals surface area contributed by atoms with E-state index in [9.17, 15) is 4.79 Å². The van der Waals surface area contributed by atoms with Crippen LogP contribution in [0.3, 0.4) is 0 Å². The summed E-state index contributed by atoms with van der Waals surface area (Å²) in [6, 6.07) is 21.8. The number of carbonyl (C=O) groups excluding carboxylic acids is 1. The molecule has 1 amide bonds. The molecule has 0 aliphatic heterocycles. The number of thiophene rings is 1. The minimum Gasteiger partial charge on any atom is -0.383 e. The van der Waals surface area contributed by atoms with Gasteiger partial charge in [-0.1, -0.05) is 53.5 Å². The molecule has 0 saturated carbocycles. The highest BCUT2D eigenvalue weighted by atomic mass is 35.5. The number of amides is 1. The smallest absolute Gasteiger partial charge is 0.251 e. The van der Waals surface area contributed by atoms with Crippen LogP contribution in [0.25, 0.3) is 21.2 Å². The molecule has 0 aliphatic rings. The molecule has 0 aliphatic carbocycles. The molecule has 1 aromatic heterocycles. The topological polar surface area (TPSA) is 38.3 Å². The van der Waals surface area contributed by atoms with Crippen molar-refractivity contribution in [2.45, 2.75) is 6.42 Å². The Kier molecular flexibility index (Phi) is 6.93. The Morgan fingerprint density at radius 2 is 1.77 bits per heavy atom. The van der Waals surface area contributed by atoms with Crippen LogP contribution in [-0.2, 0) is 11.2 Å². The molecule has 1 heterocycles. The Balaban J connectivity index is 1.64. The van der Waals surface area contributed by atoms with E-state index in [4.69, 9.17) is 27.9 Å². The molecule has 158 valence electrons. The summed E-state index contributed by atoms with van der Waals surface area (Å²) in [6.45, 7) is 0.970. The van der Waals surface area contributed by atoms with Gasteiger partial charge in [-0.05, 0) is 58.5 Å². The number of ether oxygens (including phenoxy) is 1. The van der Waals surface area contributed by atoms with Crippen molar-refractivity contribution in [1.82, 2.24) is 5.32 Å². The highest BCUT2D eigenvalue weighted by molar-refractivity contribution is 7.19. The average molecular weight is 470 g/mol. The van der Waals surface area contributed by atoms with E-state index in [0.29, 0.717) is 28.8 Å². The molecule has 0 atom stereocenters. The first-order chi connectivity index (χ1) is 15.0. The van der Waals surface area contributed by atoms with Gasteiger partial charge >= 0.3 is 0 Å². The van der Waals surface area contributed by atoms with Crippen LogP contribution in [0.15, 0.2) is 66.7 Å². The standard InChI is InChI=1S/C25H21Cl2NO2S/c1-30-9-8-28-25(29)19-6-2-4-17(13-19)23-7-3-5-18-14-22(31-24(18)23)12-16-10-20(26)15-21(27)11-16/h2-7,10-11,13-15H,8-9,12H2,1H3,(H,28,29). The molecule has 4 aromatic rings. The molecule has 6 heteroatoms. The first-order valence-corrected chi connectivity index (χ1v) is 11.4. The first kappa shape index (κ1) is 21.8. The largest absolute Gasteiger partial charge is 0.383 e. The molecule has 0 bridgehead atoms. The first-order valence-electron chi connectivity index (χ1n) is 9.87. The molecular weight excluding hydrogens is 449 g/mol. The zero-order valence-electron chi connectivity index (χ0n) is 17.0. The maximum atomic E-state index is 12.4. The molecule has 0 radical (unpaired) electrons. The fourth-order valence-corrected chi connectivity index (χ4v) is 5.34. The molecule has 4 rings (SSSR count). The summed E-state index contributed by atoms with van der Waals surface area (Å²) in [4.78, 5) is 13.7. The Hall–Kier alpha value is -2.37. The third-order valence-corrected chi connectivity index (χ3v) is 6.54. The molecule has 31 heavy (non-hydrogen) atoms. The SMILES string of the molecule is COCCNC(=O)c1cccc(-c2cccc3cc(Cc4cc(Cl)cc(Cl)c4)sc23)c1. The monoisotopic (exact) mass is 469 g/mol. The Morgan fingerprint density at radius 3 is 2.55 bits per heavy atom. The summed E-state index contributed by atoms with van der Waals surface area (Å²) < 4.78 is 6.20. The van der Waals surface area contributed by atoms with Crippen molar-refractivity contribution < 1.29 is 9.53 Å². The van der Waals surface area contributed by atoms with E-state index in [2.05, 4.69) is 29.6 Å². The molecule has 3 nitrogen and oxygen atoms in total. The van der Waals surface area contributed by atoms with Gasteiger partial charge in [0.1, 0.15) is 0 Å². The van der Waals surface area contributed by atoms with Gasteiger partial charge in [-0.15, -0.1) is 11.3 Å². The van der Waals surface area contributed by atoms with Gasteiger partial charge in [-0.3, -0.25) is 4.79 Å². The molecular formula is C25H21Cl2NO2S. The van der Waals surface area contributed by atoms with Crippen molar-refractivity contribution in [2.24, 2.45) is 0 Å². The van der Waals surface area contributed by atoms with Crippen molar-refractivity contribution in [3.05, 3.63) is 92.8 Å². The molecule has 1 N–H and O–H groups in total. The predicted octanol–water partition coefficient (Wildman–Crippen LogP) is 6.84. The number of nitrogens with one attached hydrogen (secondary N) is 1. The number of carbonyl (C=O) groups is 1. The number of methoxy groups -OCH3 is 1. The third kappa shape index (κ3) is 5.28. The van der Waals surface area contributed by atoms with E-state index >= 15 is 0 Å².